The predicted octanol–water partition coefficient (Wildman–Crippen LogP) is 1.57. The number of carbonyl (C=O) groups is 1. The third kappa shape index (κ3) is 2.66. The van der Waals surface area contributed by atoms with E-state index in [9.17, 15) is 9.59 Å². The summed E-state index contributed by atoms with van der Waals surface area (Å²) in [7, 11) is 0. The number of aromatic amines is 2. The summed E-state index contributed by atoms with van der Waals surface area (Å²) in [6.45, 7) is 1.86. The first kappa shape index (κ1) is 13.8. The van der Waals surface area contributed by atoms with Crippen molar-refractivity contribution in [3.8, 4) is 0 Å². The van der Waals surface area contributed by atoms with Gasteiger partial charge in [0.15, 0.2) is 0 Å². The largest absolute Gasteiger partial charge is 0.462 e. The van der Waals surface area contributed by atoms with Crippen LogP contribution in [0.1, 0.15) is 17.3 Å². The van der Waals surface area contributed by atoms with E-state index in [0.29, 0.717) is 5.95 Å². The Bertz CT molecular complexity index is 850. The number of H-pyrrole nitrogens is 2. The molecule has 0 amide bonds. The Morgan fingerprint density at radius 3 is 2.82 bits per heavy atom. The lowest BCUT2D eigenvalue weighted by molar-refractivity contribution is 0.0524. The molecule has 2 aromatic heterocycles. The quantitative estimate of drug-likeness (QED) is 0.630. The van der Waals surface area contributed by atoms with Gasteiger partial charge in [0.2, 0.25) is 11.9 Å². The number of aromatic nitrogens is 4. The van der Waals surface area contributed by atoms with Crippen molar-refractivity contribution in [1.29, 1.82) is 0 Å². The Morgan fingerprint density at radius 2 is 2.09 bits per heavy atom. The Balaban J connectivity index is 1.85. The molecule has 0 atom stereocenters. The van der Waals surface area contributed by atoms with Crippen LogP contribution in [0.4, 0.5) is 11.9 Å². The molecule has 2 heterocycles. The van der Waals surface area contributed by atoms with Gasteiger partial charge in [-0.25, -0.2) is 14.8 Å². The number of carbonyl (C=O) groups excluding carboxylic acids is 1. The van der Waals surface area contributed by atoms with Gasteiger partial charge in [-0.2, -0.15) is 0 Å². The van der Waals surface area contributed by atoms with Crippen LogP contribution >= 0.6 is 0 Å². The normalized spacial score (nSPS) is 10.6. The first-order valence-electron chi connectivity index (χ1n) is 6.65. The highest BCUT2D eigenvalue weighted by molar-refractivity contribution is 5.88. The topological polar surface area (TPSA) is 113 Å². The van der Waals surface area contributed by atoms with Crippen molar-refractivity contribution in [1.82, 2.24) is 19.9 Å². The average Bonchev–Trinajstić information content (AvgIpc) is 2.89. The fourth-order valence-corrected chi connectivity index (χ4v) is 1.94. The molecule has 0 radical (unpaired) electrons. The number of hydrogen-bond donors (Lipinski definition) is 3. The second kappa shape index (κ2) is 5.68. The van der Waals surface area contributed by atoms with Gasteiger partial charge < -0.3 is 9.72 Å². The molecule has 0 aliphatic carbocycles. The van der Waals surface area contributed by atoms with E-state index >= 15 is 0 Å². The van der Waals surface area contributed by atoms with Crippen molar-refractivity contribution in [2.45, 2.75) is 6.92 Å². The standard InChI is InChI=1S/C14H13N5O3/c1-2-22-12(21)8-7-15-13(18-11(8)20)19-14-16-9-5-3-4-6-10(9)17-14/h3-7H,2H2,1H3,(H3,15,16,17,18,19,20). The minimum Gasteiger partial charge on any atom is -0.462 e. The third-order valence-corrected chi connectivity index (χ3v) is 2.92. The molecule has 3 N–H and O–H groups in total. The lowest BCUT2D eigenvalue weighted by Crippen LogP contribution is -2.21. The van der Waals surface area contributed by atoms with Gasteiger partial charge in [-0.05, 0) is 19.1 Å². The van der Waals surface area contributed by atoms with Gasteiger partial charge in [-0.1, -0.05) is 12.1 Å². The van der Waals surface area contributed by atoms with Crippen LogP contribution in [0.3, 0.4) is 0 Å². The molecular formula is C14H13N5O3. The monoisotopic (exact) mass is 299 g/mol. The minimum absolute atomic E-state index is 0.142. The van der Waals surface area contributed by atoms with E-state index in [1.54, 1.807) is 6.92 Å². The van der Waals surface area contributed by atoms with Crippen LogP contribution in [0.2, 0.25) is 0 Å². The zero-order valence-corrected chi connectivity index (χ0v) is 11.7. The average molecular weight is 299 g/mol. The first-order valence-corrected chi connectivity index (χ1v) is 6.65. The number of benzene rings is 1. The molecule has 22 heavy (non-hydrogen) atoms. The molecule has 8 heteroatoms. The molecular weight excluding hydrogens is 286 g/mol. The molecule has 0 bridgehead atoms. The minimum atomic E-state index is -0.702. The summed E-state index contributed by atoms with van der Waals surface area (Å²) in [5, 5.41) is 2.85. The fourth-order valence-electron chi connectivity index (χ4n) is 1.94. The molecule has 112 valence electrons. The zero-order chi connectivity index (χ0) is 15.5. The summed E-state index contributed by atoms with van der Waals surface area (Å²) in [6, 6.07) is 7.50. The van der Waals surface area contributed by atoms with Gasteiger partial charge in [-0.3, -0.25) is 15.1 Å². The SMILES string of the molecule is CCOC(=O)c1cnc(Nc2nc3ccccc3[nH]2)[nH]c1=O. The van der Waals surface area contributed by atoms with E-state index in [-0.39, 0.29) is 18.1 Å². The summed E-state index contributed by atoms with van der Waals surface area (Å²) < 4.78 is 4.77. The fraction of sp³-hybridized carbons (Fsp3) is 0.143. The smallest absolute Gasteiger partial charge is 0.345 e. The van der Waals surface area contributed by atoms with E-state index in [1.807, 2.05) is 24.3 Å². The van der Waals surface area contributed by atoms with Crippen LogP contribution in [-0.4, -0.2) is 32.5 Å². The number of imidazole rings is 1. The van der Waals surface area contributed by atoms with Crippen LogP contribution in [0.5, 0.6) is 0 Å². The third-order valence-electron chi connectivity index (χ3n) is 2.92. The number of para-hydroxylation sites is 2. The van der Waals surface area contributed by atoms with Crippen molar-refractivity contribution in [2.24, 2.45) is 0 Å². The summed E-state index contributed by atoms with van der Waals surface area (Å²) in [5.41, 5.74) is 0.926. The summed E-state index contributed by atoms with van der Waals surface area (Å²) in [4.78, 5) is 37.2. The molecule has 0 aliphatic rings. The predicted molar refractivity (Wildman–Crippen MR) is 80.2 cm³/mol. The number of hydrogen-bond acceptors (Lipinski definition) is 6. The van der Waals surface area contributed by atoms with Crippen LogP contribution < -0.4 is 10.9 Å². The molecule has 0 spiro atoms. The van der Waals surface area contributed by atoms with Gasteiger partial charge in [0, 0.05) is 0 Å². The van der Waals surface area contributed by atoms with Crippen LogP contribution in [-0.2, 0) is 4.74 Å². The van der Waals surface area contributed by atoms with Crippen molar-refractivity contribution in [3.05, 3.63) is 46.4 Å². The van der Waals surface area contributed by atoms with E-state index in [0.717, 1.165) is 11.0 Å². The molecule has 3 aromatic rings. The number of esters is 1. The zero-order valence-electron chi connectivity index (χ0n) is 11.7. The van der Waals surface area contributed by atoms with Gasteiger partial charge in [0.1, 0.15) is 5.56 Å². The molecule has 0 fully saturated rings. The maximum absolute atomic E-state index is 11.9. The van der Waals surface area contributed by atoms with Crippen molar-refractivity contribution in [2.75, 3.05) is 11.9 Å². The second-order valence-electron chi connectivity index (χ2n) is 4.42. The molecule has 0 saturated heterocycles. The molecule has 1 aromatic carbocycles. The van der Waals surface area contributed by atoms with Gasteiger partial charge in [0.05, 0.1) is 23.8 Å². The maximum atomic E-state index is 11.9. The Labute approximate surface area is 124 Å². The highest BCUT2D eigenvalue weighted by Gasteiger charge is 2.13. The van der Waals surface area contributed by atoms with Gasteiger partial charge >= 0.3 is 5.97 Å². The number of ether oxygens (including phenoxy) is 1. The van der Waals surface area contributed by atoms with E-state index in [4.69, 9.17) is 4.74 Å². The lowest BCUT2D eigenvalue weighted by Gasteiger charge is -2.03. The Kier molecular flexibility index (Phi) is 3.57. The molecule has 8 nitrogen and oxygen atoms in total. The second-order valence-corrected chi connectivity index (χ2v) is 4.42. The van der Waals surface area contributed by atoms with E-state index in [2.05, 4.69) is 25.3 Å². The highest BCUT2D eigenvalue weighted by atomic mass is 16.5. The van der Waals surface area contributed by atoms with E-state index in [1.165, 1.54) is 6.20 Å². The molecule has 0 saturated carbocycles. The Morgan fingerprint density at radius 1 is 1.27 bits per heavy atom. The van der Waals surface area contributed by atoms with Crippen LogP contribution in [0, 0.1) is 0 Å². The van der Waals surface area contributed by atoms with Crippen molar-refractivity contribution in [3.63, 3.8) is 0 Å². The number of fused-ring (bicyclic) bond motifs is 1. The number of anilines is 2. The lowest BCUT2D eigenvalue weighted by atomic mass is 10.3. The van der Waals surface area contributed by atoms with Crippen molar-refractivity contribution >= 4 is 28.9 Å². The van der Waals surface area contributed by atoms with E-state index < -0.39 is 11.5 Å². The van der Waals surface area contributed by atoms with Crippen molar-refractivity contribution < 1.29 is 9.53 Å². The first-order chi connectivity index (χ1) is 10.7. The summed E-state index contributed by atoms with van der Waals surface area (Å²) >= 11 is 0. The summed E-state index contributed by atoms with van der Waals surface area (Å²) in [5.74, 6) is -0.0862. The number of rotatable bonds is 4. The maximum Gasteiger partial charge on any atom is 0.345 e. The Hall–Kier alpha value is -3.16. The number of nitrogens with zero attached hydrogens (tertiary/aromatic N) is 2. The van der Waals surface area contributed by atoms with Crippen LogP contribution in [0.15, 0.2) is 35.3 Å². The summed E-state index contributed by atoms with van der Waals surface area (Å²) in [6.07, 6.45) is 1.17. The molecule has 0 unspecified atom stereocenters. The molecule has 3 rings (SSSR count). The number of nitrogens with one attached hydrogen (secondary N) is 3. The molecule has 0 aliphatic heterocycles. The highest BCUT2D eigenvalue weighted by Crippen LogP contribution is 2.15. The van der Waals surface area contributed by atoms with Gasteiger partial charge in [0.25, 0.3) is 5.56 Å². The van der Waals surface area contributed by atoms with Gasteiger partial charge in [-0.15, -0.1) is 0 Å². The van der Waals surface area contributed by atoms with Crippen LogP contribution in [0.25, 0.3) is 11.0 Å².